The van der Waals surface area contributed by atoms with E-state index < -0.39 is 0 Å². The highest BCUT2D eigenvalue weighted by atomic mass is 35.5. The molecule has 116 valence electrons. The lowest BCUT2D eigenvalue weighted by Gasteiger charge is -2.28. The molecule has 0 radical (unpaired) electrons. The number of carbonyl (C=O) groups excluding carboxylic acids is 1. The van der Waals surface area contributed by atoms with Crippen molar-refractivity contribution in [3.63, 3.8) is 0 Å². The van der Waals surface area contributed by atoms with Crippen molar-refractivity contribution >= 4 is 17.5 Å². The van der Waals surface area contributed by atoms with Crippen molar-refractivity contribution in [2.24, 2.45) is 0 Å². The molecule has 4 heteroatoms. The number of benzene rings is 1. The second-order valence-electron chi connectivity index (χ2n) is 6.11. The van der Waals surface area contributed by atoms with Crippen LogP contribution in [-0.2, 0) is 11.3 Å². The van der Waals surface area contributed by atoms with Gasteiger partial charge in [0.1, 0.15) is 0 Å². The number of nitrogens with one attached hydrogen (secondary N) is 1. The first kappa shape index (κ1) is 16.3. The number of hydrogen-bond acceptors (Lipinski definition) is 2. The molecule has 0 aliphatic heterocycles. The topological polar surface area (TPSA) is 32.3 Å². The molecule has 1 aliphatic carbocycles. The third-order valence-corrected chi connectivity index (χ3v) is 4.32. The Hall–Kier alpha value is -1.06. The Labute approximate surface area is 132 Å². The van der Waals surface area contributed by atoms with Crippen LogP contribution in [0.1, 0.15) is 45.1 Å². The molecule has 0 atom stereocenters. The fourth-order valence-corrected chi connectivity index (χ4v) is 3.07. The summed E-state index contributed by atoms with van der Waals surface area (Å²) in [4.78, 5) is 14.4. The summed E-state index contributed by atoms with van der Waals surface area (Å²) in [6, 6.07) is 8.43. The van der Waals surface area contributed by atoms with E-state index in [1.165, 1.54) is 25.7 Å². The third-order valence-electron chi connectivity index (χ3n) is 4.08. The minimum Gasteiger partial charge on any atom is -0.335 e. The molecule has 1 amide bonds. The van der Waals surface area contributed by atoms with Crippen LogP contribution in [0.2, 0.25) is 5.02 Å². The molecule has 1 aliphatic rings. The van der Waals surface area contributed by atoms with Gasteiger partial charge in [0.25, 0.3) is 0 Å². The van der Waals surface area contributed by atoms with Crippen LogP contribution in [-0.4, -0.2) is 29.4 Å². The van der Waals surface area contributed by atoms with Crippen molar-refractivity contribution in [1.29, 1.82) is 0 Å². The van der Waals surface area contributed by atoms with E-state index in [0.717, 1.165) is 5.56 Å². The maximum atomic E-state index is 12.5. The zero-order chi connectivity index (χ0) is 15.2. The van der Waals surface area contributed by atoms with E-state index in [1.807, 2.05) is 29.2 Å². The van der Waals surface area contributed by atoms with Crippen LogP contribution in [0, 0.1) is 0 Å². The first-order chi connectivity index (χ1) is 10.1. The van der Waals surface area contributed by atoms with Gasteiger partial charge >= 0.3 is 0 Å². The van der Waals surface area contributed by atoms with Crippen molar-refractivity contribution in [1.82, 2.24) is 10.2 Å². The van der Waals surface area contributed by atoms with Gasteiger partial charge in [-0.2, -0.15) is 0 Å². The minimum absolute atomic E-state index is 0.164. The van der Waals surface area contributed by atoms with Crippen molar-refractivity contribution in [2.75, 3.05) is 6.54 Å². The normalized spacial score (nSPS) is 15.6. The smallest absolute Gasteiger partial charge is 0.237 e. The Morgan fingerprint density at radius 3 is 2.71 bits per heavy atom. The Morgan fingerprint density at radius 2 is 2.10 bits per heavy atom. The lowest BCUT2D eigenvalue weighted by Crippen LogP contribution is -2.43. The van der Waals surface area contributed by atoms with E-state index in [2.05, 4.69) is 19.2 Å². The van der Waals surface area contributed by atoms with Crippen molar-refractivity contribution in [3.8, 4) is 0 Å². The maximum absolute atomic E-state index is 12.5. The van der Waals surface area contributed by atoms with Crippen LogP contribution in [0.15, 0.2) is 24.3 Å². The minimum atomic E-state index is 0.164. The Bertz CT molecular complexity index is 470. The average Bonchev–Trinajstić information content (AvgIpc) is 2.95. The molecule has 3 nitrogen and oxygen atoms in total. The van der Waals surface area contributed by atoms with Gasteiger partial charge in [-0.3, -0.25) is 4.79 Å². The molecular weight excluding hydrogens is 284 g/mol. The lowest BCUT2D eigenvalue weighted by atomic mass is 10.2. The Balaban J connectivity index is 1.92. The summed E-state index contributed by atoms with van der Waals surface area (Å²) in [5.74, 6) is 0.164. The van der Waals surface area contributed by atoms with Gasteiger partial charge in [-0.1, -0.05) is 36.6 Å². The molecule has 1 saturated carbocycles. The van der Waals surface area contributed by atoms with Gasteiger partial charge in [-0.15, -0.1) is 0 Å². The second-order valence-corrected chi connectivity index (χ2v) is 6.54. The van der Waals surface area contributed by atoms with Gasteiger partial charge in [-0.05, 0) is 44.4 Å². The summed E-state index contributed by atoms with van der Waals surface area (Å²) in [5.41, 5.74) is 1.07. The van der Waals surface area contributed by atoms with Gasteiger partial charge in [0, 0.05) is 23.7 Å². The van der Waals surface area contributed by atoms with Crippen LogP contribution in [0.25, 0.3) is 0 Å². The highest BCUT2D eigenvalue weighted by Crippen LogP contribution is 2.18. The summed E-state index contributed by atoms with van der Waals surface area (Å²) < 4.78 is 0. The fraction of sp³-hybridized carbons (Fsp3) is 0.588. The Kier molecular flexibility index (Phi) is 6.07. The average molecular weight is 309 g/mol. The monoisotopic (exact) mass is 308 g/mol. The molecule has 1 aromatic carbocycles. The quantitative estimate of drug-likeness (QED) is 0.870. The van der Waals surface area contributed by atoms with Gasteiger partial charge in [0.2, 0.25) is 5.91 Å². The number of halogens is 1. The number of nitrogens with zero attached hydrogens (tertiary/aromatic N) is 1. The summed E-state index contributed by atoms with van der Waals surface area (Å²) in [5, 5.41) is 4.11. The standard InChI is InChI=1S/C17H25ClN2O/c1-13(2)20(12-14-6-5-7-15(18)10-14)17(21)11-19-16-8-3-4-9-16/h5-7,10,13,16,19H,3-4,8-9,11-12H2,1-2H3. The molecule has 0 saturated heterocycles. The van der Waals surface area contributed by atoms with E-state index >= 15 is 0 Å². The van der Waals surface area contributed by atoms with E-state index in [9.17, 15) is 4.79 Å². The van der Waals surface area contributed by atoms with Gasteiger partial charge < -0.3 is 10.2 Å². The van der Waals surface area contributed by atoms with E-state index in [1.54, 1.807) is 0 Å². The maximum Gasteiger partial charge on any atom is 0.237 e. The molecule has 1 aromatic rings. The first-order valence-electron chi connectivity index (χ1n) is 7.83. The largest absolute Gasteiger partial charge is 0.335 e. The number of amides is 1. The molecule has 0 bridgehead atoms. The zero-order valence-electron chi connectivity index (χ0n) is 12.9. The van der Waals surface area contributed by atoms with Gasteiger partial charge in [0.15, 0.2) is 0 Å². The molecule has 0 heterocycles. The van der Waals surface area contributed by atoms with Crippen molar-refractivity contribution < 1.29 is 4.79 Å². The van der Waals surface area contributed by atoms with Crippen LogP contribution in [0.5, 0.6) is 0 Å². The van der Waals surface area contributed by atoms with Gasteiger partial charge in [0.05, 0.1) is 6.54 Å². The van der Waals surface area contributed by atoms with Crippen LogP contribution >= 0.6 is 11.6 Å². The number of rotatable bonds is 6. The van der Waals surface area contributed by atoms with Crippen LogP contribution < -0.4 is 5.32 Å². The fourth-order valence-electron chi connectivity index (χ4n) is 2.85. The summed E-state index contributed by atoms with van der Waals surface area (Å²) >= 11 is 6.02. The summed E-state index contributed by atoms with van der Waals surface area (Å²) in [6.45, 7) is 5.16. The second kappa shape index (κ2) is 7.81. The molecule has 1 fully saturated rings. The lowest BCUT2D eigenvalue weighted by molar-refractivity contribution is -0.132. The number of hydrogen-bond donors (Lipinski definition) is 1. The van der Waals surface area contributed by atoms with E-state index in [0.29, 0.717) is 24.2 Å². The highest BCUT2D eigenvalue weighted by Gasteiger charge is 2.20. The number of carbonyl (C=O) groups is 1. The molecule has 2 rings (SSSR count). The SMILES string of the molecule is CC(C)N(Cc1cccc(Cl)c1)C(=O)CNC1CCCC1. The predicted molar refractivity (Wildman–Crippen MR) is 87.4 cm³/mol. The summed E-state index contributed by atoms with van der Waals surface area (Å²) in [6.07, 6.45) is 4.96. The molecule has 0 unspecified atom stereocenters. The molecule has 0 spiro atoms. The first-order valence-corrected chi connectivity index (χ1v) is 8.21. The third kappa shape index (κ3) is 5.01. The molecule has 1 N–H and O–H groups in total. The zero-order valence-corrected chi connectivity index (χ0v) is 13.7. The van der Waals surface area contributed by atoms with Crippen LogP contribution in [0.3, 0.4) is 0 Å². The predicted octanol–water partition coefficient (Wildman–Crippen LogP) is 3.61. The van der Waals surface area contributed by atoms with Crippen LogP contribution in [0.4, 0.5) is 0 Å². The van der Waals surface area contributed by atoms with E-state index in [4.69, 9.17) is 11.6 Å². The molecule has 21 heavy (non-hydrogen) atoms. The molecule has 0 aromatic heterocycles. The van der Waals surface area contributed by atoms with Crippen molar-refractivity contribution in [2.45, 2.75) is 58.2 Å². The Morgan fingerprint density at radius 1 is 1.38 bits per heavy atom. The van der Waals surface area contributed by atoms with Gasteiger partial charge in [-0.25, -0.2) is 0 Å². The van der Waals surface area contributed by atoms with E-state index in [-0.39, 0.29) is 11.9 Å². The highest BCUT2D eigenvalue weighted by molar-refractivity contribution is 6.30. The molecular formula is C17H25ClN2O. The van der Waals surface area contributed by atoms with Crippen molar-refractivity contribution in [3.05, 3.63) is 34.9 Å². The summed E-state index contributed by atoms with van der Waals surface area (Å²) in [7, 11) is 0.